The number of aryl methyl sites for hydroxylation is 1. The zero-order chi connectivity index (χ0) is 13.0. The van der Waals surface area contributed by atoms with Gasteiger partial charge in [-0.05, 0) is 25.1 Å². The summed E-state index contributed by atoms with van der Waals surface area (Å²) >= 11 is 8.99. The lowest BCUT2D eigenvalue weighted by molar-refractivity contribution is 0.933. The molecule has 5 nitrogen and oxygen atoms in total. The van der Waals surface area contributed by atoms with Crippen molar-refractivity contribution < 1.29 is 0 Å². The van der Waals surface area contributed by atoms with Crippen LogP contribution in [0.4, 0.5) is 5.95 Å². The molecule has 0 fully saturated rings. The second-order valence-electron chi connectivity index (χ2n) is 3.46. The highest BCUT2D eigenvalue weighted by molar-refractivity contribution is 8.01. The van der Waals surface area contributed by atoms with E-state index in [2.05, 4.69) is 32.4 Å². The number of hydrogen-bond donors (Lipinski definition) is 1. The van der Waals surface area contributed by atoms with Gasteiger partial charge in [0, 0.05) is 6.54 Å². The average molecular weight is 302 g/mol. The Morgan fingerprint density at radius 3 is 2.94 bits per heavy atom. The molecular weight excluding hydrogens is 290 g/mol. The molecule has 0 amide bonds. The smallest absolute Gasteiger partial charge is 0.223 e. The van der Waals surface area contributed by atoms with Gasteiger partial charge < -0.3 is 5.32 Å². The second kappa shape index (κ2) is 6.31. The van der Waals surface area contributed by atoms with Gasteiger partial charge in [-0.15, -0.1) is 10.2 Å². The van der Waals surface area contributed by atoms with E-state index >= 15 is 0 Å². The average Bonchev–Trinajstić information content (AvgIpc) is 2.76. The molecule has 0 saturated carbocycles. The summed E-state index contributed by atoms with van der Waals surface area (Å²) in [6.45, 7) is 4.84. The van der Waals surface area contributed by atoms with Crippen LogP contribution in [-0.2, 0) is 0 Å². The number of halogens is 1. The van der Waals surface area contributed by atoms with Crippen molar-refractivity contribution in [2.75, 3.05) is 11.9 Å². The Morgan fingerprint density at radius 1 is 1.44 bits per heavy atom. The maximum absolute atomic E-state index is 6.07. The second-order valence-corrected chi connectivity index (χ2v) is 6.29. The van der Waals surface area contributed by atoms with E-state index in [0.29, 0.717) is 16.0 Å². The Labute approximate surface area is 118 Å². The van der Waals surface area contributed by atoms with Crippen molar-refractivity contribution in [3.05, 3.63) is 16.2 Å². The van der Waals surface area contributed by atoms with E-state index in [1.807, 2.05) is 6.92 Å². The minimum Gasteiger partial charge on any atom is -0.354 e. The molecule has 2 aromatic rings. The topological polar surface area (TPSA) is 63.6 Å². The fraction of sp³-hybridized carbons (Fsp3) is 0.400. The normalized spacial score (nSPS) is 10.6. The zero-order valence-electron chi connectivity index (χ0n) is 9.97. The van der Waals surface area contributed by atoms with Crippen LogP contribution in [0.1, 0.15) is 18.4 Å². The van der Waals surface area contributed by atoms with Crippen molar-refractivity contribution in [2.24, 2.45) is 0 Å². The molecule has 2 heterocycles. The summed E-state index contributed by atoms with van der Waals surface area (Å²) in [6.07, 6.45) is 2.62. The molecule has 8 heteroatoms. The fourth-order valence-electron chi connectivity index (χ4n) is 1.15. The third-order valence-corrected chi connectivity index (χ3v) is 4.22. The molecule has 1 N–H and O–H groups in total. The molecule has 0 aromatic carbocycles. The number of aromatic nitrogens is 4. The molecule has 0 bridgehead atoms. The number of nitrogens with zero attached hydrogens (tertiary/aromatic N) is 4. The summed E-state index contributed by atoms with van der Waals surface area (Å²) in [5.74, 6) is 0.588. The SMILES string of the molecule is CCCNc1ncc(Cl)c(Sc2nnc(C)s2)n1. The number of anilines is 1. The molecule has 18 heavy (non-hydrogen) atoms. The zero-order valence-corrected chi connectivity index (χ0v) is 12.4. The van der Waals surface area contributed by atoms with Crippen LogP contribution in [0.2, 0.25) is 5.02 Å². The largest absolute Gasteiger partial charge is 0.354 e. The fourth-order valence-corrected chi connectivity index (χ4v) is 3.06. The van der Waals surface area contributed by atoms with Crippen LogP contribution in [0, 0.1) is 6.92 Å². The molecule has 2 aromatic heterocycles. The van der Waals surface area contributed by atoms with E-state index in [9.17, 15) is 0 Å². The lowest BCUT2D eigenvalue weighted by Crippen LogP contribution is -2.04. The summed E-state index contributed by atoms with van der Waals surface area (Å²) in [5.41, 5.74) is 0. The first-order chi connectivity index (χ1) is 8.69. The van der Waals surface area contributed by atoms with Crippen LogP contribution in [0.15, 0.2) is 15.6 Å². The molecular formula is C10H12ClN5S2. The van der Waals surface area contributed by atoms with E-state index in [1.165, 1.54) is 23.1 Å². The minimum absolute atomic E-state index is 0.523. The van der Waals surface area contributed by atoms with Gasteiger partial charge in [0.2, 0.25) is 5.95 Å². The van der Waals surface area contributed by atoms with Crippen molar-refractivity contribution >= 4 is 40.6 Å². The first kappa shape index (κ1) is 13.5. The highest BCUT2D eigenvalue weighted by atomic mass is 35.5. The predicted octanol–water partition coefficient (Wildman–Crippen LogP) is 3.26. The maximum Gasteiger partial charge on any atom is 0.223 e. The summed E-state index contributed by atoms with van der Waals surface area (Å²) in [7, 11) is 0. The van der Waals surface area contributed by atoms with Gasteiger partial charge in [0.05, 0.1) is 11.2 Å². The Kier molecular flexibility index (Phi) is 4.73. The molecule has 0 aliphatic rings. The van der Waals surface area contributed by atoms with Gasteiger partial charge in [0.25, 0.3) is 0 Å². The van der Waals surface area contributed by atoms with Crippen LogP contribution >= 0.6 is 34.7 Å². The van der Waals surface area contributed by atoms with E-state index in [4.69, 9.17) is 11.6 Å². The first-order valence-electron chi connectivity index (χ1n) is 5.43. The highest BCUT2D eigenvalue weighted by Crippen LogP contribution is 2.33. The van der Waals surface area contributed by atoms with E-state index < -0.39 is 0 Å². The monoisotopic (exact) mass is 301 g/mol. The molecule has 0 unspecified atom stereocenters. The van der Waals surface area contributed by atoms with Gasteiger partial charge in [-0.25, -0.2) is 9.97 Å². The van der Waals surface area contributed by atoms with Gasteiger partial charge in [0.1, 0.15) is 10.0 Å². The predicted molar refractivity (Wildman–Crippen MR) is 74.6 cm³/mol. The van der Waals surface area contributed by atoms with Gasteiger partial charge in [-0.2, -0.15) is 0 Å². The third-order valence-electron chi connectivity index (χ3n) is 1.94. The lowest BCUT2D eigenvalue weighted by atomic mass is 10.5. The number of rotatable bonds is 5. The highest BCUT2D eigenvalue weighted by Gasteiger charge is 2.10. The standard InChI is InChI=1S/C10H12ClN5S2/c1-3-4-12-9-13-5-7(11)8(14-9)18-10-16-15-6(2)17-10/h5H,3-4H2,1-2H3,(H,12,13,14). The molecule has 96 valence electrons. The summed E-state index contributed by atoms with van der Waals surface area (Å²) in [6, 6.07) is 0. The molecule has 0 saturated heterocycles. The van der Waals surface area contributed by atoms with Crippen molar-refractivity contribution in [3.63, 3.8) is 0 Å². The van der Waals surface area contributed by atoms with Crippen LogP contribution in [0.25, 0.3) is 0 Å². The molecule has 0 aliphatic carbocycles. The van der Waals surface area contributed by atoms with Crippen LogP contribution < -0.4 is 5.32 Å². The quantitative estimate of drug-likeness (QED) is 0.855. The molecule has 0 spiro atoms. The van der Waals surface area contributed by atoms with E-state index in [-0.39, 0.29) is 0 Å². The molecule has 2 rings (SSSR count). The summed E-state index contributed by atoms with van der Waals surface area (Å²) < 4.78 is 0.828. The van der Waals surface area contributed by atoms with Crippen molar-refractivity contribution in [1.29, 1.82) is 0 Å². The Bertz CT molecular complexity index is 531. The minimum atomic E-state index is 0.523. The summed E-state index contributed by atoms with van der Waals surface area (Å²) in [4.78, 5) is 8.49. The van der Waals surface area contributed by atoms with Gasteiger partial charge in [-0.1, -0.05) is 29.9 Å². The Balaban J connectivity index is 2.15. The van der Waals surface area contributed by atoms with E-state index in [0.717, 1.165) is 22.3 Å². The Hall–Kier alpha value is -0.920. The van der Waals surface area contributed by atoms with Crippen LogP contribution in [-0.4, -0.2) is 26.7 Å². The van der Waals surface area contributed by atoms with Crippen molar-refractivity contribution in [1.82, 2.24) is 20.2 Å². The molecule has 0 aliphatic heterocycles. The first-order valence-corrected chi connectivity index (χ1v) is 7.44. The van der Waals surface area contributed by atoms with Crippen molar-refractivity contribution in [3.8, 4) is 0 Å². The number of nitrogens with one attached hydrogen (secondary N) is 1. The molecule has 0 radical (unpaired) electrons. The maximum atomic E-state index is 6.07. The van der Waals surface area contributed by atoms with Crippen LogP contribution in [0.3, 0.4) is 0 Å². The van der Waals surface area contributed by atoms with Gasteiger partial charge in [0.15, 0.2) is 4.34 Å². The van der Waals surface area contributed by atoms with Gasteiger partial charge in [-0.3, -0.25) is 0 Å². The molecule has 0 atom stereocenters. The van der Waals surface area contributed by atoms with Gasteiger partial charge >= 0.3 is 0 Å². The Morgan fingerprint density at radius 2 is 2.28 bits per heavy atom. The third kappa shape index (κ3) is 3.54. The number of hydrogen-bond acceptors (Lipinski definition) is 7. The van der Waals surface area contributed by atoms with Crippen molar-refractivity contribution in [2.45, 2.75) is 29.6 Å². The lowest BCUT2D eigenvalue weighted by Gasteiger charge is -2.05. The summed E-state index contributed by atoms with van der Waals surface area (Å²) in [5, 5.41) is 13.3. The van der Waals surface area contributed by atoms with E-state index in [1.54, 1.807) is 6.20 Å². The van der Waals surface area contributed by atoms with Crippen LogP contribution in [0.5, 0.6) is 0 Å².